The lowest BCUT2D eigenvalue weighted by atomic mass is 9.99. The lowest BCUT2D eigenvalue weighted by Gasteiger charge is -2.27. The van der Waals surface area contributed by atoms with Crippen molar-refractivity contribution in [3.05, 3.63) is 53.4 Å². The number of para-hydroxylation sites is 1. The molecule has 4 heteroatoms. The van der Waals surface area contributed by atoms with E-state index in [0.717, 1.165) is 22.6 Å². The fourth-order valence-electron chi connectivity index (χ4n) is 2.06. The van der Waals surface area contributed by atoms with Crippen molar-refractivity contribution in [3.8, 4) is 5.75 Å². The minimum atomic E-state index is -0.938. The van der Waals surface area contributed by atoms with Crippen molar-refractivity contribution in [1.82, 2.24) is 4.90 Å². The number of carbonyl (C=O) groups is 1. The van der Waals surface area contributed by atoms with Crippen molar-refractivity contribution in [2.75, 3.05) is 6.54 Å². The maximum Gasteiger partial charge on any atom is 0.411 e. The number of hydrogen-bond donors (Lipinski definition) is 1. The molecular weight excluding hydrogens is 218 g/mol. The number of hydrogen-bond acceptors (Lipinski definition) is 2. The Labute approximate surface area is 98.4 Å². The Balaban J connectivity index is 1.97. The van der Waals surface area contributed by atoms with Gasteiger partial charge in [0.2, 0.25) is 0 Å². The fraction of sp³-hybridized carbons (Fsp3) is 0.154. The molecule has 1 aromatic carbocycles. The van der Waals surface area contributed by atoms with Crippen LogP contribution in [0.1, 0.15) is 5.56 Å². The van der Waals surface area contributed by atoms with Gasteiger partial charge in [-0.05, 0) is 17.7 Å². The number of nitrogens with zero attached hydrogens (tertiary/aromatic N) is 1. The Kier molecular flexibility index (Phi) is 2.14. The quantitative estimate of drug-likeness (QED) is 0.743. The van der Waals surface area contributed by atoms with Gasteiger partial charge in [0.15, 0.2) is 0 Å². The van der Waals surface area contributed by atoms with Crippen LogP contribution in [0.2, 0.25) is 0 Å². The zero-order chi connectivity index (χ0) is 11.8. The summed E-state index contributed by atoms with van der Waals surface area (Å²) in [5.74, 6) is 1.64. The largest absolute Gasteiger partial charge is 0.465 e. The minimum Gasteiger partial charge on any atom is -0.465 e. The number of rotatable bonds is 0. The first kappa shape index (κ1) is 9.96. The second-order valence-corrected chi connectivity index (χ2v) is 4.04. The monoisotopic (exact) mass is 229 g/mol. The van der Waals surface area contributed by atoms with Gasteiger partial charge in [0.25, 0.3) is 0 Å². The first-order chi connectivity index (χ1) is 8.24. The highest BCUT2D eigenvalue weighted by Crippen LogP contribution is 2.33. The molecule has 0 saturated heterocycles. The molecule has 0 aromatic heterocycles. The molecule has 0 unspecified atom stereocenters. The van der Waals surface area contributed by atoms with Gasteiger partial charge in [-0.1, -0.05) is 18.2 Å². The molecule has 0 atom stereocenters. The lowest BCUT2D eigenvalue weighted by molar-refractivity contribution is 0.165. The molecule has 1 N–H and O–H groups in total. The first-order valence-electron chi connectivity index (χ1n) is 5.40. The summed E-state index contributed by atoms with van der Waals surface area (Å²) in [5, 5.41) is 8.94. The number of allylic oxidation sites excluding steroid dienone is 1. The summed E-state index contributed by atoms with van der Waals surface area (Å²) in [6.45, 7) is 0.344. The highest BCUT2D eigenvalue weighted by molar-refractivity contribution is 5.68. The molecule has 4 nitrogen and oxygen atoms in total. The van der Waals surface area contributed by atoms with Gasteiger partial charge in [0.1, 0.15) is 11.5 Å². The van der Waals surface area contributed by atoms with Crippen LogP contribution in [-0.4, -0.2) is 22.6 Å². The van der Waals surface area contributed by atoms with E-state index in [2.05, 4.69) is 0 Å². The number of ether oxygens (including phenoxy) is 1. The Hall–Kier alpha value is -2.23. The minimum absolute atomic E-state index is 0.344. The summed E-state index contributed by atoms with van der Waals surface area (Å²) in [6.07, 6.45) is 3.23. The molecule has 1 amide bonds. The summed E-state index contributed by atoms with van der Waals surface area (Å²) in [7, 11) is 0. The van der Waals surface area contributed by atoms with E-state index < -0.39 is 6.09 Å². The van der Waals surface area contributed by atoms with E-state index in [1.54, 1.807) is 12.3 Å². The predicted molar refractivity (Wildman–Crippen MR) is 61.7 cm³/mol. The fourth-order valence-corrected chi connectivity index (χ4v) is 2.06. The molecule has 17 heavy (non-hydrogen) atoms. The maximum absolute atomic E-state index is 10.9. The highest BCUT2D eigenvalue weighted by Gasteiger charge is 2.24. The zero-order valence-electron chi connectivity index (χ0n) is 9.09. The molecule has 0 bridgehead atoms. The molecule has 0 aliphatic carbocycles. The van der Waals surface area contributed by atoms with Crippen molar-refractivity contribution >= 4 is 6.09 Å². The summed E-state index contributed by atoms with van der Waals surface area (Å²) >= 11 is 0. The van der Waals surface area contributed by atoms with Gasteiger partial charge in [0, 0.05) is 18.2 Å². The Morgan fingerprint density at radius 1 is 1.35 bits per heavy atom. The summed E-state index contributed by atoms with van der Waals surface area (Å²) < 4.78 is 5.74. The van der Waals surface area contributed by atoms with Crippen LogP contribution in [0.4, 0.5) is 4.79 Å². The predicted octanol–water partition coefficient (Wildman–Crippen LogP) is 2.38. The van der Waals surface area contributed by atoms with Crippen LogP contribution in [0.3, 0.4) is 0 Å². The molecule has 3 rings (SSSR count). The zero-order valence-corrected chi connectivity index (χ0v) is 9.09. The van der Waals surface area contributed by atoms with E-state index in [1.165, 1.54) is 4.90 Å². The van der Waals surface area contributed by atoms with Crippen LogP contribution >= 0.6 is 0 Å². The molecule has 0 radical (unpaired) electrons. The van der Waals surface area contributed by atoms with Crippen molar-refractivity contribution in [2.45, 2.75) is 6.42 Å². The second kappa shape index (κ2) is 3.66. The van der Waals surface area contributed by atoms with Crippen LogP contribution in [-0.2, 0) is 6.42 Å². The van der Waals surface area contributed by atoms with E-state index in [4.69, 9.17) is 9.84 Å². The van der Waals surface area contributed by atoms with E-state index >= 15 is 0 Å². The van der Waals surface area contributed by atoms with Crippen molar-refractivity contribution in [2.24, 2.45) is 0 Å². The molecule has 0 saturated carbocycles. The van der Waals surface area contributed by atoms with Gasteiger partial charge >= 0.3 is 6.09 Å². The summed E-state index contributed by atoms with van der Waals surface area (Å²) in [4.78, 5) is 12.1. The third kappa shape index (κ3) is 1.67. The standard InChI is InChI=1S/C13H11NO3/c15-13(16)14-6-5-12-10(8-14)7-9-3-1-2-4-11(9)17-12/h1-5,8H,6-7H2,(H,15,16). The number of benzene rings is 1. The molecular formula is C13H11NO3. The molecule has 1 aromatic rings. The van der Waals surface area contributed by atoms with Crippen LogP contribution in [0.15, 0.2) is 47.9 Å². The van der Waals surface area contributed by atoms with Crippen molar-refractivity contribution in [3.63, 3.8) is 0 Å². The van der Waals surface area contributed by atoms with E-state index in [9.17, 15) is 4.79 Å². The Morgan fingerprint density at radius 3 is 3.00 bits per heavy atom. The maximum atomic E-state index is 10.9. The molecule has 0 fully saturated rings. The Morgan fingerprint density at radius 2 is 2.18 bits per heavy atom. The van der Waals surface area contributed by atoms with Gasteiger partial charge in [-0.15, -0.1) is 0 Å². The third-order valence-corrected chi connectivity index (χ3v) is 2.92. The van der Waals surface area contributed by atoms with E-state index in [1.807, 2.05) is 24.3 Å². The van der Waals surface area contributed by atoms with Gasteiger partial charge < -0.3 is 9.84 Å². The first-order valence-corrected chi connectivity index (χ1v) is 5.40. The highest BCUT2D eigenvalue weighted by atomic mass is 16.5. The van der Waals surface area contributed by atoms with Gasteiger partial charge in [0.05, 0.1) is 6.54 Å². The normalized spacial score (nSPS) is 17.3. The molecule has 0 spiro atoms. The van der Waals surface area contributed by atoms with Crippen LogP contribution in [0, 0.1) is 0 Å². The van der Waals surface area contributed by atoms with Crippen molar-refractivity contribution < 1.29 is 14.6 Å². The SMILES string of the molecule is O=C(O)N1C=C2Cc3ccccc3OC2=CC1. The van der Waals surface area contributed by atoms with Crippen LogP contribution in [0.5, 0.6) is 5.75 Å². The lowest BCUT2D eigenvalue weighted by Crippen LogP contribution is -2.29. The second-order valence-electron chi connectivity index (χ2n) is 4.04. The average molecular weight is 229 g/mol. The van der Waals surface area contributed by atoms with Crippen molar-refractivity contribution in [1.29, 1.82) is 0 Å². The smallest absolute Gasteiger partial charge is 0.411 e. The summed E-state index contributed by atoms with van der Waals surface area (Å²) in [5.41, 5.74) is 2.00. The average Bonchev–Trinajstić information content (AvgIpc) is 2.35. The molecule has 86 valence electrons. The van der Waals surface area contributed by atoms with E-state index in [0.29, 0.717) is 13.0 Å². The number of amides is 1. The Bertz CT molecular complexity index is 545. The summed E-state index contributed by atoms with van der Waals surface area (Å²) in [6, 6.07) is 7.80. The third-order valence-electron chi connectivity index (χ3n) is 2.92. The van der Waals surface area contributed by atoms with Gasteiger partial charge in [-0.25, -0.2) is 4.79 Å². The van der Waals surface area contributed by atoms with Gasteiger partial charge in [-0.3, -0.25) is 4.90 Å². The number of fused-ring (bicyclic) bond motifs is 2. The molecule has 2 aliphatic heterocycles. The van der Waals surface area contributed by atoms with Crippen LogP contribution < -0.4 is 4.74 Å². The van der Waals surface area contributed by atoms with Gasteiger partial charge in [-0.2, -0.15) is 0 Å². The molecule has 2 heterocycles. The molecule has 2 aliphatic rings. The topological polar surface area (TPSA) is 49.8 Å². The van der Waals surface area contributed by atoms with Crippen LogP contribution in [0.25, 0.3) is 0 Å². The number of carboxylic acid groups (broad SMARTS) is 1. The van der Waals surface area contributed by atoms with E-state index in [-0.39, 0.29) is 0 Å².